The molecular formula is C21H39N5O. The van der Waals surface area contributed by atoms with Crippen LogP contribution in [0.5, 0.6) is 0 Å². The molecule has 27 heavy (non-hydrogen) atoms. The van der Waals surface area contributed by atoms with Crippen LogP contribution in [-0.4, -0.2) is 42.0 Å². The van der Waals surface area contributed by atoms with Crippen LogP contribution in [0, 0.1) is 19.8 Å². The molecule has 1 aromatic heterocycles. The van der Waals surface area contributed by atoms with Crippen LogP contribution >= 0.6 is 0 Å². The maximum Gasteiger partial charge on any atom is 0.208 e. The molecule has 2 rings (SSSR count). The van der Waals surface area contributed by atoms with E-state index < -0.39 is 0 Å². The molecule has 0 saturated carbocycles. The van der Waals surface area contributed by atoms with E-state index in [0.717, 1.165) is 62.9 Å². The number of nitrogens with two attached hydrogens (primary N) is 1. The zero-order chi connectivity index (χ0) is 19.5. The Balaban J connectivity index is 1.56. The molecule has 0 unspecified atom stereocenters. The third-order valence-electron chi connectivity index (χ3n) is 5.50. The van der Waals surface area contributed by atoms with E-state index in [1.165, 1.54) is 38.5 Å². The summed E-state index contributed by atoms with van der Waals surface area (Å²) in [4.78, 5) is 11.5. The van der Waals surface area contributed by atoms with Gasteiger partial charge in [0.25, 0.3) is 0 Å². The number of aliphatic imine (C=N–C) groups is 1. The Morgan fingerprint density at radius 3 is 2.56 bits per heavy atom. The van der Waals surface area contributed by atoms with E-state index >= 15 is 0 Å². The smallest absolute Gasteiger partial charge is 0.208 e. The number of aromatic nitrogens is 1. The van der Waals surface area contributed by atoms with Crippen molar-refractivity contribution in [3.63, 3.8) is 0 Å². The Hall–Kier alpha value is -1.56. The maximum atomic E-state index is 6.01. The molecule has 0 spiro atoms. The Labute approximate surface area is 165 Å². The van der Waals surface area contributed by atoms with Crippen molar-refractivity contribution in [2.75, 3.05) is 26.2 Å². The van der Waals surface area contributed by atoms with Crippen LogP contribution < -0.4 is 11.1 Å². The van der Waals surface area contributed by atoms with Crippen molar-refractivity contribution >= 4 is 5.96 Å². The summed E-state index contributed by atoms with van der Waals surface area (Å²) in [5, 5.41) is 3.26. The van der Waals surface area contributed by atoms with Gasteiger partial charge in [0.1, 0.15) is 5.76 Å². The molecule has 2 heterocycles. The van der Waals surface area contributed by atoms with Crippen molar-refractivity contribution in [2.45, 2.75) is 78.7 Å². The first-order chi connectivity index (χ1) is 13.1. The fraction of sp³-hybridized carbons (Fsp3) is 0.810. The molecule has 6 nitrogen and oxygen atoms in total. The first-order valence-electron chi connectivity index (χ1n) is 10.8. The van der Waals surface area contributed by atoms with Crippen molar-refractivity contribution in [3.05, 3.63) is 17.3 Å². The van der Waals surface area contributed by atoms with Gasteiger partial charge in [0.05, 0.1) is 12.2 Å². The second kappa shape index (κ2) is 12.0. The number of likely N-dealkylation sites (tertiary alicyclic amines) is 1. The monoisotopic (exact) mass is 377 g/mol. The molecule has 0 aliphatic carbocycles. The van der Waals surface area contributed by atoms with Crippen LogP contribution in [0.4, 0.5) is 0 Å². The number of oxazole rings is 1. The SMILES string of the molecule is CCCCCCCCNC(N)=NCC1CCN(Cc2nc(C)c(C)o2)CC1. The van der Waals surface area contributed by atoms with Crippen LogP contribution in [0.1, 0.15) is 75.6 Å². The molecule has 154 valence electrons. The number of nitrogens with one attached hydrogen (secondary N) is 1. The van der Waals surface area contributed by atoms with E-state index in [2.05, 4.69) is 27.1 Å². The summed E-state index contributed by atoms with van der Waals surface area (Å²) in [6, 6.07) is 0. The first-order valence-corrected chi connectivity index (χ1v) is 10.8. The number of hydrogen-bond acceptors (Lipinski definition) is 4. The minimum absolute atomic E-state index is 0.608. The van der Waals surface area contributed by atoms with E-state index in [1.54, 1.807) is 0 Å². The number of rotatable bonds is 11. The van der Waals surface area contributed by atoms with Crippen molar-refractivity contribution in [2.24, 2.45) is 16.6 Å². The summed E-state index contributed by atoms with van der Waals surface area (Å²) >= 11 is 0. The molecule has 0 amide bonds. The van der Waals surface area contributed by atoms with Gasteiger partial charge in [-0.1, -0.05) is 39.0 Å². The van der Waals surface area contributed by atoms with Gasteiger partial charge in [0, 0.05) is 13.1 Å². The number of hydrogen-bond donors (Lipinski definition) is 2. The third kappa shape index (κ3) is 8.33. The van der Waals surface area contributed by atoms with Gasteiger partial charge >= 0.3 is 0 Å². The fourth-order valence-corrected chi connectivity index (χ4v) is 3.53. The van der Waals surface area contributed by atoms with Crippen molar-refractivity contribution in [3.8, 4) is 0 Å². The zero-order valence-corrected chi connectivity index (χ0v) is 17.6. The first kappa shape index (κ1) is 21.7. The van der Waals surface area contributed by atoms with E-state index in [-0.39, 0.29) is 0 Å². The second-order valence-electron chi connectivity index (χ2n) is 7.89. The number of unbranched alkanes of at least 4 members (excludes halogenated alkanes) is 5. The molecule has 3 N–H and O–H groups in total. The molecule has 1 aliphatic rings. The zero-order valence-electron chi connectivity index (χ0n) is 17.6. The Kier molecular flexibility index (Phi) is 9.67. The molecule has 1 fully saturated rings. The summed E-state index contributed by atoms with van der Waals surface area (Å²) in [5.74, 6) is 3.00. The average Bonchev–Trinajstić information content (AvgIpc) is 2.97. The molecule has 1 aromatic rings. The quantitative estimate of drug-likeness (QED) is 0.349. The van der Waals surface area contributed by atoms with Crippen LogP contribution in [-0.2, 0) is 6.54 Å². The predicted octanol–water partition coefficient (Wildman–Crippen LogP) is 3.77. The van der Waals surface area contributed by atoms with Crippen LogP contribution in [0.2, 0.25) is 0 Å². The molecule has 0 aromatic carbocycles. The standard InChI is InChI=1S/C21H39N5O/c1-4-5-6-7-8-9-12-23-21(22)24-15-19-10-13-26(14-11-19)16-20-25-17(2)18(3)27-20/h19H,4-16H2,1-3H3,(H3,22,23,24). The molecule has 0 radical (unpaired) electrons. The number of aryl methyl sites for hydroxylation is 2. The molecular weight excluding hydrogens is 338 g/mol. The van der Waals surface area contributed by atoms with Gasteiger partial charge in [-0.25, -0.2) is 4.98 Å². The number of piperidine rings is 1. The van der Waals surface area contributed by atoms with Gasteiger partial charge in [0.2, 0.25) is 5.89 Å². The second-order valence-corrected chi connectivity index (χ2v) is 7.89. The van der Waals surface area contributed by atoms with E-state index in [9.17, 15) is 0 Å². The normalized spacial score (nSPS) is 16.8. The molecule has 0 bridgehead atoms. The highest BCUT2D eigenvalue weighted by molar-refractivity contribution is 5.77. The summed E-state index contributed by atoms with van der Waals surface area (Å²) in [5.41, 5.74) is 7.01. The van der Waals surface area contributed by atoms with Crippen LogP contribution in [0.25, 0.3) is 0 Å². The lowest BCUT2D eigenvalue weighted by Crippen LogP contribution is -2.36. The van der Waals surface area contributed by atoms with Crippen LogP contribution in [0.15, 0.2) is 9.41 Å². The summed E-state index contributed by atoms with van der Waals surface area (Å²) in [7, 11) is 0. The minimum Gasteiger partial charge on any atom is -0.444 e. The largest absolute Gasteiger partial charge is 0.444 e. The lowest BCUT2D eigenvalue weighted by Gasteiger charge is -2.30. The van der Waals surface area contributed by atoms with Crippen molar-refractivity contribution in [1.29, 1.82) is 0 Å². The Morgan fingerprint density at radius 1 is 1.19 bits per heavy atom. The van der Waals surface area contributed by atoms with Crippen molar-refractivity contribution in [1.82, 2.24) is 15.2 Å². The molecule has 1 saturated heterocycles. The molecule has 1 aliphatic heterocycles. The fourth-order valence-electron chi connectivity index (χ4n) is 3.53. The van der Waals surface area contributed by atoms with Gasteiger partial charge in [-0.05, 0) is 52.1 Å². The van der Waals surface area contributed by atoms with Crippen molar-refractivity contribution < 1.29 is 4.42 Å². The summed E-state index contributed by atoms with van der Waals surface area (Å²) in [6.07, 6.45) is 10.1. The van der Waals surface area contributed by atoms with E-state index in [0.29, 0.717) is 11.9 Å². The Bertz CT molecular complexity index is 541. The minimum atomic E-state index is 0.608. The maximum absolute atomic E-state index is 6.01. The van der Waals surface area contributed by atoms with E-state index in [4.69, 9.17) is 10.2 Å². The average molecular weight is 378 g/mol. The third-order valence-corrected chi connectivity index (χ3v) is 5.50. The highest BCUT2D eigenvalue weighted by Crippen LogP contribution is 2.20. The number of nitrogens with zero attached hydrogens (tertiary/aromatic N) is 3. The topological polar surface area (TPSA) is 79.7 Å². The number of guanidine groups is 1. The lowest BCUT2D eigenvalue weighted by molar-refractivity contribution is 0.166. The summed E-state index contributed by atoms with van der Waals surface area (Å²) < 4.78 is 5.70. The van der Waals surface area contributed by atoms with Crippen LogP contribution in [0.3, 0.4) is 0 Å². The predicted molar refractivity (Wildman–Crippen MR) is 112 cm³/mol. The molecule has 0 atom stereocenters. The highest BCUT2D eigenvalue weighted by Gasteiger charge is 2.20. The van der Waals surface area contributed by atoms with Gasteiger partial charge in [-0.2, -0.15) is 0 Å². The summed E-state index contributed by atoms with van der Waals surface area (Å²) in [6.45, 7) is 11.0. The highest BCUT2D eigenvalue weighted by atomic mass is 16.4. The van der Waals surface area contributed by atoms with Gasteiger partial charge < -0.3 is 15.5 Å². The molecule has 6 heteroatoms. The van der Waals surface area contributed by atoms with Gasteiger partial charge in [0.15, 0.2) is 5.96 Å². The van der Waals surface area contributed by atoms with Gasteiger partial charge in [-0.15, -0.1) is 0 Å². The van der Waals surface area contributed by atoms with Gasteiger partial charge in [-0.3, -0.25) is 9.89 Å². The lowest BCUT2D eigenvalue weighted by atomic mass is 9.97. The Morgan fingerprint density at radius 2 is 1.89 bits per heavy atom. The van der Waals surface area contributed by atoms with E-state index in [1.807, 2.05) is 13.8 Å².